The number of carbonyl (C=O) groups is 3. The molecular weight excluding hydrogens is 448 g/mol. The monoisotopic (exact) mass is 498 g/mol. The first-order valence-corrected chi connectivity index (χ1v) is 15.1. The highest BCUT2D eigenvalue weighted by atomic mass is 16.6. The van der Waals surface area contributed by atoms with E-state index < -0.39 is 5.60 Å². The number of hydrogen-bond acceptors (Lipinski definition) is 4. The molecule has 0 N–H and O–H groups in total. The van der Waals surface area contributed by atoms with E-state index in [1.54, 1.807) is 6.92 Å². The molecule has 3 saturated carbocycles. The highest BCUT2D eigenvalue weighted by Crippen LogP contribution is 2.68. The largest absolute Gasteiger partial charge is 0.450 e. The molecule has 0 aromatic heterocycles. The summed E-state index contributed by atoms with van der Waals surface area (Å²) in [4.78, 5) is 38.4. The zero-order valence-electron chi connectivity index (χ0n) is 23.5. The van der Waals surface area contributed by atoms with Crippen LogP contribution in [0, 0.1) is 28.6 Å². The van der Waals surface area contributed by atoms with Crippen molar-refractivity contribution in [2.24, 2.45) is 28.6 Å². The fourth-order valence-corrected chi connectivity index (χ4v) is 9.02. The molecule has 0 heterocycles. The number of ether oxygens (including phenoxy) is 1. The number of ketones is 2. The molecule has 4 aliphatic rings. The summed E-state index contributed by atoms with van der Waals surface area (Å²) in [5.74, 6) is 1.69. The van der Waals surface area contributed by atoms with Gasteiger partial charge in [-0.3, -0.25) is 14.4 Å². The summed E-state index contributed by atoms with van der Waals surface area (Å²) >= 11 is 0. The number of Topliss-reactive ketones (excluding diaryl/α,β-unsaturated/α-hetero) is 1. The van der Waals surface area contributed by atoms with Crippen LogP contribution < -0.4 is 0 Å². The predicted octanol–water partition coefficient (Wildman–Crippen LogP) is 7.92. The summed E-state index contributed by atoms with van der Waals surface area (Å²) in [6, 6.07) is 0. The topological polar surface area (TPSA) is 60.4 Å². The van der Waals surface area contributed by atoms with Gasteiger partial charge in [-0.2, -0.15) is 0 Å². The van der Waals surface area contributed by atoms with E-state index in [4.69, 9.17) is 4.74 Å². The number of allylic oxidation sites excluding steroid dienone is 1. The summed E-state index contributed by atoms with van der Waals surface area (Å²) in [6.45, 7) is 8.53. The zero-order chi connectivity index (χ0) is 26.0. The molecule has 4 nitrogen and oxygen atoms in total. The molecule has 36 heavy (non-hydrogen) atoms. The van der Waals surface area contributed by atoms with Crippen LogP contribution in [0.15, 0.2) is 11.6 Å². The third kappa shape index (κ3) is 4.87. The highest BCUT2D eigenvalue weighted by Gasteiger charge is 2.67. The Labute approximate surface area is 219 Å². The van der Waals surface area contributed by atoms with Crippen LogP contribution in [0.1, 0.15) is 137 Å². The van der Waals surface area contributed by atoms with Crippen molar-refractivity contribution in [2.75, 3.05) is 0 Å². The van der Waals surface area contributed by atoms with Crippen LogP contribution in [-0.4, -0.2) is 23.1 Å². The van der Waals surface area contributed by atoms with Gasteiger partial charge in [0.2, 0.25) is 0 Å². The van der Waals surface area contributed by atoms with Crippen LogP contribution in [-0.2, 0) is 19.1 Å². The van der Waals surface area contributed by atoms with Gasteiger partial charge >= 0.3 is 5.97 Å². The van der Waals surface area contributed by atoms with Crippen LogP contribution >= 0.6 is 0 Å². The lowest BCUT2D eigenvalue weighted by Gasteiger charge is -2.59. The Kier molecular flexibility index (Phi) is 8.52. The first kappa shape index (κ1) is 27.6. The van der Waals surface area contributed by atoms with Gasteiger partial charge in [0.25, 0.3) is 0 Å². The minimum atomic E-state index is -0.959. The Morgan fingerprint density at radius 1 is 0.889 bits per heavy atom. The van der Waals surface area contributed by atoms with Gasteiger partial charge in [-0.25, -0.2) is 0 Å². The van der Waals surface area contributed by atoms with Crippen molar-refractivity contribution < 1.29 is 19.1 Å². The first-order chi connectivity index (χ1) is 17.2. The third-order valence-electron chi connectivity index (χ3n) is 11.2. The van der Waals surface area contributed by atoms with E-state index in [0.29, 0.717) is 42.8 Å². The summed E-state index contributed by atoms with van der Waals surface area (Å²) in [5, 5.41) is 0. The summed E-state index contributed by atoms with van der Waals surface area (Å²) in [5.41, 5.74) is 0.250. The maximum atomic E-state index is 13.2. The smallest absolute Gasteiger partial charge is 0.306 e. The fourth-order valence-electron chi connectivity index (χ4n) is 9.02. The van der Waals surface area contributed by atoms with E-state index in [1.165, 1.54) is 44.1 Å². The van der Waals surface area contributed by atoms with E-state index in [2.05, 4.69) is 20.8 Å². The predicted molar refractivity (Wildman–Crippen MR) is 143 cm³/mol. The Morgan fingerprint density at radius 3 is 2.25 bits per heavy atom. The molecule has 0 amide bonds. The molecule has 4 rings (SSSR count). The molecule has 0 aliphatic heterocycles. The lowest BCUT2D eigenvalue weighted by atomic mass is 9.46. The second-order valence-electron chi connectivity index (χ2n) is 13.0. The second-order valence-corrected chi connectivity index (χ2v) is 13.0. The van der Waals surface area contributed by atoms with E-state index in [-0.39, 0.29) is 22.6 Å². The van der Waals surface area contributed by atoms with Gasteiger partial charge in [-0.15, -0.1) is 0 Å². The third-order valence-corrected chi connectivity index (χ3v) is 11.2. The van der Waals surface area contributed by atoms with Gasteiger partial charge in [0, 0.05) is 18.3 Å². The molecular formula is C32H50O4. The first-order valence-electron chi connectivity index (χ1n) is 15.1. The molecule has 0 aromatic carbocycles. The lowest BCUT2D eigenvalue weighted by molar-refractivity contribution is -0.189. The van der Waals surface area contributed by atoms with Crippen molar-refractivity contribution in [2.45, 2.75) is 142 Å². The minimum Gasteiger partial charge on any atom is -0.450 e. The molecule has 0 bridgehead atoms. The molecule has 0 aromatic rings. The number of rotatable bonds is 11. The average Bonchev–Trinajstić information content (AvgIpc) is 3.14. The van der Waals surface area contributed by atoms with E-state index in [9.17, 15) is 14.4 Å². The van der Waals surface area contributed by atoms with Gasteiger partial charge in [0.1, 0.15) is 0 Å². The Bertz CT molecular complexity index is 873. The van der Waals surface area contributed by atoms with Crippen molar-refractivity contribution in [3.63, 3.8) is 0 Å². The van der Waals surface area contributed by atoms with Crippen LogP contribution in [0.25, 0.3) is 0 Å². The number of esters is 1. The van der Waals surface area contributed by atoms with E-state index >= 15 is 0 Å². The quantitative estimate of drug-likeness (QED) is 0.214. The minimum absolute atomic E-state index is 0.0427. The number of hydrogen-bond donors (Lipinski definition) is 0. The van der Waals surface area contributed by atoms with Gasteiger partial charge in [-0.05, 0) is 87.5 Å². The zero-order valence-corrected chi connectivity index (χ0v) is 23.5. The maximum absolute atomic E-state index is 13.2. The van der Waals surface area contributed by atoms with Crippen molar-refractivity contribution in [1.82, 2.24) is 0 Å². The molecule has 0 saturated heterocycles. The van der Waals surface area contributed by atoms with Crippen molar-refractivity contribution >= 4 is 17.5 Å². The number of unbranched alkanes of at least 4 members (excludes halogenated alkanes) is 7. The van der Waals surface area contributed by atoms with Gasteiger partial charge in [-0.1, -0.05) is 71.3 Å². The average molecular weight is 499 g/mol. The SMILES string of the molecule is CCCCCCCCCCC(=O)O[C@]1(C(C)=O)CC[C@H]2[C@@H]3CCC4=CC(=O)CC[C@]4(C)[C@H]3CC[C@@]21C. The van der Waals surface area contributed by atoms with Crippen LogP contribution in [0.3, 0.4) is 0 Å². The molecule has 3 fully saturated rings. The summed E-state index contributed by atoms with van der Waals surface area (Å²) < 4.78 is 6.27. The molecule has 4 aliphatic carbocycles. The van der Waals surface area contributed by atoms with Crippen molar-refractivity contribution in [3.05, 3.63) is 11.6 Å². The molecule has 6 atom stereocenters. The summed E-state index contributed by atoms with van der Waals surface area (Å²) in [7, 11) is 0. The van der Waals surface area contributed by atoms with Crippen LogP contribution in [0.2, 0.25) is 0 Å². The Balaban J connectivity index is 1.40. The number of fused-ring (bicyclic) bond motifs is 5. The molecule has 4 heteroatoms. The van der Waals surface area contributed by atoms with Crippen LogP contribution in [0.4, 0.5) is 0 Å². The maximum Gasteiger partial charge on any atom is 0.306 e. The fraction of sp³-hybridized carbons (Fsp3) is 0.844. The van der Waals surface area contributed by atoms with Gasteiger partial charge in [0.05, 0.1) is 0 Å². The van der Waals surface area contributed by atoms with Crippen LogP contribution in [0.5, 0.6) is 0 Å². The van der Waals surface area contributed by atoms with E-state index in [0.717, 1.165) is 51.4 Å². The molecule has 202 valence electrons. The van der Waals surface area contributed by atoms with Gasteiger partial charge in [0.15, 0.2) is 17.2 Å². The number of carbonyl (C=O) groups excluding carboxylic acids is 3. The van der Waals surface area contributed by atoms with Crippen molar-refractivity contribution in [3.8, 4) is 0 Å². The Morgan fingerprint density at radius 2 is 1.56 bits per heavy atom. The standard InChI is InChI=1S/C32H50O4/c1-5-6-7-8-9-10-11-12-13-29(35)36-32(23(2)33)21-18-28-26-15-14-24-22-25(34)16-19-30(24,3)27(26)17-20-31(28,32)4/h22,26-28H,5-21H2,1-4H3/t26-,27+,28+,30+,31+,32+/m1/s1. The lowest BCUT2D eigenvalue weighted by Crippen LogP contribution is -2.58. The summed E-state index contributed by atoms with van der Waals surface area (Å²) in [6.07, 6.45) is 19.3. The highest BCUT2D eigenvalue weighted by molar-refractivity contribution is 5.91. The molecule has 0 spiro atoms. The van der Waals surface area contributed by atoms with Gasteiger partial charge < -0.3 is 4.74 Å². The van der Waals surface area contributed by atoms with Crippen molar-refractivity contribution in [1.29, 1.82) is 0 Å². The Hall–Kier alpha value is -1.45. The molecule has 0 unspecified atom stereocenters. The van der Waals surface area contributed by atoms with E-state index in [1.807, 2.05) is 6.08 Å². The molecule has 0 radical (unpaired) electrons. The second kappa shape index (κ2) is 11.1. The normalized spacial score (nSPS) is 37.5.